The maximum absolute atomic E-state index is 7.15. The van der Waals surface area contributed by atoms with Crippen molar-refractivity contribution in [3.63, 3.8) is 0 Å². The normalized spacial score (nSPS) is 22.6. The number of hydrogen-bond acceptors (Lipinski definition) is 5. The lowest BCUT2D eigenvalue weighted by Crippen LogP contribution is -2.71. The molecular weight excluding hydrogens is 524 g/mol. The maximum atomic E-state index is 7.15. The summed E-state index contributed by atoms with van der Waals surface area (Å²) in [5.41, 5.74) is 1.51. The van der Waals surface area contributed by atoms with Crippen LogP contribution in [-0.2, 0) is 29.1 Å². The molecule has 0 radical (unpaired) electrons. The number of benzene rings is 3. The van der Waals surface area contributed by atoms with Gasteiger partial charge in [0.2, 0.25) is 0 Å². The van der Waals surface area contributed by atoms with Gasteiger partial charge >= 0.3 is 0 Å². The lowest BCUT2D eigenvalue weighted by molar-refractivity contribution is -0.261. The molecule has 1 heterocycles. The lowest BCUT2D eigenvalue weighted by Gasteiger charge is -2.65. The molecule has 0 amide bonds. The molecule has 0 spiro atoms. The van der Waals surface area contributed by atoms with Gasteiger partial charge in [-0.3, -0.25) is 0 Å². The summed E-state index contributed by atoms with van der Waals surface area (Å²) in [5, 5.41) is 0. The summed E-state index contributed by atoms with van der Waals surface area (Å²) in [6, 6.07) is 32.6. The molecule has 0 aromatic heterocycles. The molecule has 0 saturated carbocycles. The molecule has 5 heteroatoms. The Morgan fingerprint density at radius 2 is 1.36 bits per heavy atom. The quantitative estimate of drug-likeness (QED) is 0.0981. The van der Waals surface area contributed by atoms with Crippen LogP contribution in [-0.4, -0.2) is 66.1 Å². The smallest absolute Gasteiger partial charge is 0.103 e. The molecule has 5 nitrogen and oxygen atoms in total. The summed E-state index contributed by atoms with van der Waals surface area (Å²) in [4.78, 5) is 0. The molecule has 0 bridgehead atoms. The fourth-order valence-electron chi connectivity index (χ4n) is 7.53. The van der Waals surface area contributed by atoms with E-state index in [1.54, 1.807) is 7.11 Å². The fourth-order valence-corrected chi connectivity index (χ4v) is 7.53. The standard InChI is InChI=1S/C37H48O5/c1-5-16-31-23-25-42-35(24-26-40-6-2,29-41-28-27-38-3)36(31,30-39-4)37(32-17-10-7-11-18-32,33-19-12-8-13-20-33)34-21-14-9-15-22-34/h5,7-15,17-22,31H,1,6,16,23-30H2,2-4H3. The highest BCUT2D eigenvalue weighted by Gasteiger charge is 2.69. The van der Waals surface area contributed by atoms with Gasteiger partial charge in [0.15, 0.2) is 0 Å². The summed E-state index contributed by atoms with van der Waals surface area (Å²) in [7, 11) is 3.51. The van der Waals surface area contributed by atoms with Crippen LogP contribution in [0, 0.1) is 11.3 Å². The van der Waals surface area contributed by atoms with Gasteiger partial charge < -0.3 is 23.7 Å². The lowest BCUT2D eigenvalue weighted by atomic mass is 9.42. The van der Waals surface area contributed by atoms with Crippen molar-refractivity contribution in [1.29, 1.82) is 0 Å². The minimum absolute atomic E-state index is 0.164. The monoisotopic (exact) mass is 572 g/mol. The number of ether oxygens (including phenoxy) is 5. The van der Waals surface area contributed by atoms with Gasteiger partial charge in [-0.15, -0.1) is 6.58 Å². The van der Waals surface area contributed by atoms with Crippen molar-refractivity contribution in [2.24, 2.45) is 11.3 Å². The molecule has 1 aliphatic heterocycles. The SMILES string of the molecule is C=CCC1CCOC(CCOCC)(COCCOC)C1(COC)C(c1ccccc1)(c1ccccc1)c1ccccc1. The van der Waals surface area contributed by atoms with E-state index < -0.39 is 16.4 Å². The minimum Gasteiger partial charge on any atom is -0.384 e. The molecule has 4 rings (SSSR count). The van der Waals surface area contributed by atoms with E-state index in [1.165, 1.54) is 16.7 Å². The Labute approximate surface area is 252 Å². The van der Waals surface area contributed by atoms with Crippen molar-refractivity contribution in [2.75, 3.05) is 60.5 Å². The first-order valence-electron chi connectivity index (χ1n) is 15.2. The molecule has 0 aliphatic carbocycles. The average Bonchev–Trinajstić information content (AvgIpc) is 3.04. The van der Waals surface area contributed by atoms with E-state index in [1.807, 2.05) is 14.0 Å². The molecule has 42 heavy (non-hydrogen) atoms. The van der Waals surface area contributed by atoms with E-state index in [-0.39, 0.29) is 5.92 Å². The number of rotatable bonds is 17. The Hall–Kier alpha value is -2.80. The van der Waals surface area contributed by atoms with Gasteiger partial charge in [0.25, 0.3) is 0 Å². The van der Waals surface area contributed by atoms with Gasteiger partial charge in [0.05, 0.1) is 31.8 Å². The molecule has 3 aromatic carbocycles. The molecule has 226 valence electrons. The van der Waals surface area contributed by atoms with Crippen LogP contribution in [0.3, 0.4) is 0 Å². The third-order valence-electron chi connectivity index (χ3n) is 9.09. The summed E-state index contributed by atoms with van der Waals surface area (Å²) >= 11 is 0. The third-order valence-corrected chi connectivity index (χ3v) is 9.09. The minimum atomic E-state index is -0.765. The predicted octanol–water partition coefficient (Wildman–Crippen LogP) is 7.09. The number of allylic oxidation sites excluding steroid dienone is 1. The Morgan fingerprint density at radius 3 is 1.83 bits per heavy atom. The van der Waals surface area contributed by atoms with Crippen LogP contribution in [0.4, 0.5) is 0 Å². The highest BCUT2D eigenvalue weighted by molar-refractivity contribution is 5.55. The zero-order chi connectivity index (χ0) is 29.7. The fraction of sp³-hybridized carbons (Fsp3) is 0.459. The second kappa shape index (κ2) is 15.6. The molecule has 1 aliphatic rings. The third kappa shape index (κ3) is 5.99. The maximum Gasteiger partial charge on any atom is 0.103 e. The van der Waals surface area contributed by atoms with Gasteiger partial charge in [-0.05, 0) is 42.4 Å². The molecule has 3 aromatic rings. The molecule has 1 fully saturated rings. The van der Waals surface area contributed by atoms with E-state index >= 15 is 0 Å². The van der Waals surface area contributed by atoms with E-state index in [4.69, 9.17) is 23.7 Å². The Bertz CT molecular complexity index is 1090. The predicted molar refractivity (Wildman–Crippen MR) is 169 cm³/mol. The van der Waals surface area contributed by atoms with Crippen LogP contribution in [0.1, 0.15) is 42.9 Å². The van der Waals surface area contributed by atoms with Gasteiger partial charge in [-0.2, -0.15) is 0 Å². The average molecular weight is 573 g/mol. The van der Waals surface area contributed by atoms with Crippen molar-refractivity contribution in [2.45, 2.75) is 37.2 Å². The molecule has 3 atom stereocenters. The highest BCUT2D eigenvalue weighted by Crippen LogP contribution is 2.65. The van der Waals surface area contributed by atoms with Crippen molar-refractivity contribution in [1.82, 2.24) is 0 Å². The Morgan fingerprint density at radius 1 is 0.786 bits per heavy atom. The van der Waals surface area contributed by atoms with Crippen molar-refractivity contribution < 1.29 is 23.7 Å². The van der Waals surface area contributed by atoms with Crippen molar-refractivity contribution in [3.8, 4) is 0 Å². The summed E-state index contributed by atoms with van der Waals surface area (Å²) in [5.74, 6) is 0.164. The van der Waals surface area contributed by atoms with Crippen LogP contribution in [0.15, 0.2) is 104 Å². The highest BCUT2D eigenvalue weighted by atomic mass is 16.6. The van der Waals surface area contributed by atoms with Crippen LogP contribution < -0.4 is 0 Å². The first-order valence-corrected chi connectivity index (χ1v) is 15.2. The zero-order valence-corrected chi connectivity index (χ0v) is 25.6. The number of hydrogen-bond donors (Lipinski definition) is 0. The van der Waals surface area contributed by atoms with E-state index in [0.29, 0.717) is 52.7 Å². The molecule has 1 saturated heterocycles. The van der Waals surface area contributed by atoms with E-state index in [2.05, 4.69) is 104 Å². The van der Waals surface area contributed by atoms with Gasteiger partial charge in [0.1, 0.15) is 5.60 Å². The molecular formula is C37H48O5. The van der Waals surface area contributed by atoms with Gasteiger partial charge in [-0.1, -0.05) is 97.1 Å². The van der Waals surface area contributed by atoms with Gasteiger partial charge in [0, 0.05) is 45.9 Å². The Balaban J connectivity index is 2.17. The van der Waals surface area contributed by atoms with Crippen LogP contribution in [0.5, 0.6) is 0 Å². The first-order chi connectivity index (χ1) is 20.7. The van der Waals surface area contributed by atoms with Crippen molar-refractivity contribution >= 4 is 0 Å². The molecule has 0 N–H and O–H groups in total. The summed E-state index contributed by atoms with van der Waals surface area (Å²) < 4.78 is 31.5. The largest absolute Gasteiger partial charge is 0.384 e. The van der Waals surface area contributed by atoms with Crippen molar-refractivity contribution in [3.05, 3.63) is 120 Å². The topological polar surface area (TPSA) is 46.2 Å². The van der Waals surface area contributed by atoms with E-state index in [0.717, 1.165) is 12.8 Å². The van der Waals surface area contributed by atoms with E-state index in [9.17, 15) is 0 Å². The number of methoxy groups -OCH3 is 2. The second-order valence-electron chi connectivity index (χ2n) is 11.1. The van der Waals surface area contributed by atoms with Crippen LogP contribution in [0.25, 0.3) is 0 Å². The second-order valence-corrected chi connectivity index (χ2v) is 11.1. The first kappa shape index (κ1) is 32.1. The van der Waals surface area contributed by atoms with Crippen LogP contribution >= 0.6 is 0 Å². The van der Waals surface area contributed by atoms with Crippen LogP contribution in [0.2, 0.25) is 0 Å². The zero-order valence-electron chi connectivity index (χ0n) is 25.6. The molecule has 3 unspecified atom stereocenters. The Kier molecular flexibility index (Phi) is 11.9. The van der Waals surface area contributed by atoms with Gasteiger partial charge in [-0.25, -0.2) is 0 Å². The summed E-state index contributed by atoms with van der Waals surface area (Å²) in [6.45, 7) is 9.89. The summed E-state index contributed by atoms with van der Waals surface area (Å²) in [6.07, 6.45) is 4.40.